The summed E-state index contributed by atoms with van der Waals surface area (Å²) in [7, 11) is 0. The summed E-state index contributed by atoms with van der Waals surface area (Å²) in [6.07, 6.45) is 1.05. The van der Waals surface area contributed by atoms with Gasteiger partial charge in [0, 0.05) is 17.3 Å². The van der Waals surface area contributed by atoms with Crippen molar-refractivity contribution >= 4 is 11.8 Å². The van der Waals surface area contributed by atoms with E-state index in [4.69, 9.17) is 0 Å². The van der Waals surface area contributed by atoms with E-state index in [0.717, 1.165) is 29.1 Å². The van der Waals surface area contributed by atoms with Crippen LogP contribution in [-0.2, 0) is 16.0 Å². The number of rotatable bonds is 7. The second kappa shape index (κ2) is 8.65. The van der Waals surface area contributed by atoms with E-state index < -0.39 is 6.04 Å². The van der Waals surface area contributed by atoms with E-state index in [-0.39, 0.29) is 24.3 Å². The summed E-state index contributed by atoms with van der Waals surface area (Å²) in [4.78, 5) is 24.5. The monoisotopic (exact) mass is 356 g/mol. The number of carbonyl (C=O) groups is 2. The Morgan fingerprint density at radius 2 is 1.77 bits per heavy atom. The normalized spacial score (nSPS) is 13.1. The molecule has 6 nitrogen and oxygen atoms in total. The topological polar surface area (TPSA) is 76.0 Å². The Morgan fingerprint density at radius 3 is 2.38 bits per heavy atom. The minimum absolute atomic E-state index is 0.0930. The van der Waals surface area contributed by atoms with E-state index in [2.05, 4.69) is 15.7 Å². The molecule has 0 saturated heterocycles. The van der Waals surface area contributed by atoms with Crippen LogP contribution in [0.25, 0.3) is 5.69 Å². The van der Waals surface area contributed by atoms with Crippen LogP contribution in [0.3, 0.4) is 0 Å². The van der Waals surface area contributed by atoms with Gasteiger partial charge in [0.05, 0.1) is 17.8 Å². The molecule has 0 spiro atoms. The van der Waals surface area contributed by atoms with Crippen LogP contribution in [0.15, 0.2) is 30.3 Å². The van der Waals surface area contributed by atoms with Crippen molar-refractivity contribution in [2.24, 2.45) is 0 Å². The second-order valence-electron chi connectivity index (χ2n) is 6.68. The van der Waals surface area contributed by atoms with Gasteiger partial charge in [-0.1, -0.05) is 25.1 Å². The third kappa shape index (κ3) is 4.71. The first-order valence-electron chi connectivity index (χ1n) is 9.03. The number of carbonyl (C=O) groups excluding carboxylic acids is 2. The van der Waals surface area contributed by atoms with Crippen molar-refractivity contribution in [2.75, 3.05) is 0 Å². The Morgan fingerprint density at radius 1 is 1.12 bits per heavy atom. The highest BCUT2D eigenvalue weighted by Crippen LogP contribution is 2.18. The number of aromatic nitrogens is 2. The van der Waals surface area contributed by atoms with E-state index in [1.807, 2.05) is 62.7 Å². The Kier molecular flexibility index (Phi) is 6.55. The number of aryl methyl sites for hydroxylation is 1. The van der Waals surface area contributed by atoms with Gasteiger partial charge in [-0.15, -0.1) is 0 Å². The first-order valence-corrected chi connectivity index (χ1v) is 9.03. The molecule has 2 amide bonds. The number of benzene rings is 1. The lowest BCUT2D eigenvalue weighted by atomic mass is 10.1. The summed E-state index contributed by atoms with van der Waals surface area (Å²) in [5, 5.41) is 10.2. The number of nitrogens with zero attached hydrogens (tertiary/aromatic N) is 2. The van der Waals surface area contributed by atoms with Gasteiger partial charge in [-0.05, 0) is 46.2 Å². The highest BCUT2D eigenvalue weighted by molar-refractivity contribution is 5.88. The number of hydrogen-bond donors (Lipinski definition) is 2. The van der Waals surface area contributed by atoms with Crippen LogP contribution in [0.5, 0.6) is 0 Å². The van der Waals surface area contributed by atoms with E-state index in [9.17, 15) is 9.59 Å². The SMILES string of the molecule is CCC(C)NC(=O)C(C)NC(=O)Cc1c(C)nn(-c2ccccc2)c1C. The summed E-state index contributed by atoms with van der Waals surface area (Å²) in [6.45, 7) is 9.49. The molecule has 0 saturated carbocycles. The lowest BCUT2D eigenvalue weighted by Crippen LogP contribution is -2.47. The van der Waals surface area contributed by atoms with Crippen molar-refractivity contribution in [1.82, 2.24) is 20.4 Å². The van der Waals surface area contributed by atoms with Gasteiger partial charge in [-0.25, -0.2) is 4.68 Å². The highest BCUT2D eigenvalue weighted by Gasteiger charge is 2.20. The maximum Gasteiger partial charge on any atom is 0.242 e. The summed E-state index contributed by atoms with van der Waals surface area (Å²) in [6, 6.07) is 9.34. The van der Waals surface area contributed by atoms with Gasteiger partial charge in [-0.3, -0.25) is 9.59 Å². The maximum absolute atomic E-state index is 12.4. The van der Waals surface area contributed by atoms with Crippen molar-refractivity contribution in [3.05, 3.63) is 47.3 Å². The number of hydrogen-bond acceptors (Lipinski definition) is 3. The van der Waals surface area contributed by atoms with Crippen LogP contribution in [0.4, 0.5) is 0 Å². The molecule has 0 fully saturated rings. The number of para-hydroxylation sites is 1. The van der Waals surface area contributed by atoms with Gasteiger partial charge in [0.1, 0.15) is 6.04 Å². The maximum atomic E-state index is 12.4. The molecule has 1 heterocycles. The molecule has 2 rings (SSSR count). The molecule has 0 aliphatic rings. The first kappa shape index (κ1) is 19.7. The smallest absolute Gasteiger partial charge is 0.242 e. The van der Waals surface area contributed by atoms with Crippen molar-refractivity contribution in [3.63, 3.8) is 0 Å². The molecule has 140 valence electrons. The molecular formula is C20H28N4O2. The van der Waals surface area contributed by atoms with E-state index in [0.29, 0.717) is 0 Å². The van der Waals surface area contributed by atoms with Crippen LogP contribution >= 0.6 is 0 Å². The fourth-order valence-electron chi connectivity index (χ4n) is 2.74. The zero-order valence-corrected chi connectivity index (χ0v) is 16.2. The largest absolute Gasteiger partial charge is 0.352 e. The quantitative estimate of drug-likeness (QED) is 0.800. The van der Waals surface area contributed by atoms with Gasteiger partial charge >= 0.3 is 0 Å². The van der Waals surface area contributed by atoms with Gasteiger partial charge in [0.15, 0.2) is 0 Å². The fraction of sp³-hybridized carbons (Fsp3) is 0.450. The average molecular weight is 356 g/mol. The Balaban J connectivity index is 2.06. The Bertz CT molecular complexity index is 768. The third-order valence-electron chi connectivity index (χ3n) is 4.55. The predicted octanol–water partition coefficient (Wildman–Crippen LogP) is 2.45. The molecule has 0 aliphatic heterocycles. The number of amides is 2. The van der Waals surface area contributed by atoms with E-state index in [1.54, 1.807) is 6.92 Å². The summed E-state index contributed by atoms with van der Waals surface area (Å²) in [5.74, 6) is -0.350. The molecule has 1 aromatic heterocycles. The predicted molar refractivity (Wildman–Crippen MR) is 102 cm³/mol. The van der Waals surface area contributed by atoms with Gasteiger partial charge in [-0.2, -0.15) is 5.10 Å². The molecular weight excluding hydrogens is 328 g/mol. The third-order valence-corrected chi connectivity index (χ3v) is 4.55. The van der Waals surface area contributed by atoms with Crippen molar-refractivity contribution in [3.8, 4) is 5.69 Å². The standard InChI is InChI=1S/C20H28N4O2/c1-6-13(2)21-20(26)15(4)22-19(25)12-18-14(3)23-24(16(18)5)17-10-8-7-9-11-17/h7-11,13,15H,6,12H2,1-5H3,(H,21,26)(H,22,25). The Labute approximate surface area is 155 Å². The molecule has 0 bridgehead atoms. The molecule has 2 aromatic rings. The van der Waals surface area contributed by atoms with Crippen LogP contribution in [0.1, 0.15) is 44.1 Å². The van der Waals surface area contributed by atoms with E-state index >= 15 is 0 Å². The fourth-order valence-corrected chi connectivity index (χ4v) is 2.74. The van der Waals surface area contributed by atoms with Gasteiger partial charge in [0.25, 0.3) is 0 Å². The lowest BCUT2D eigenvalue weighted by molar-refractivity contribution is -0.128. The van der Waals surface area contributed by atoms with Gasteiger partial charge in [0.2, 0.25) is 11.8 Å². The molecule has 2 unspecified atom stereocenters. The molecule has 1 aromatic carbocycles. The number of nitrogens with one attached hydrogen (secondary N) is 2. The zero-order valence-electron chi connectivity index (χ0n) is 16.2. The minimum Gasteiger partial charge on any atom is -0.352 e. The Hall–Kier alpha value is -2.63. The molecule has 0 radical (unpaired) electrons. The van der Waals surface area contributed by atoms with Crippen molar-refractivity contribution in [2.45, 2.75) is 59.5 Å². The minimum atomic E-state index is -0.568. The van der Waals surface area contributed by atoms with Crippen LogP contribution in [0.2, 0.25) is 0 Å². The molecule has 0 aliphatic carbocycles. The average Bonchev–Trinajstić information content (AvgIpc) is 2.90. The summed E-state index contributed by atoms with van der Waals surface area (Å²) in [5.41, 5.74) is 3.60. The van der Waals surface area contributed by atoms with Gasteiger partial charge < -0.3 is 10.6 Å². The zero-order chi connectivity index (χ0) is 19.3. The molecule has 26 heavy (non-hydrogen) atoms. The second-order valence-corrected chi connectivity index (χ2v) is 6.68. The molecule has 2 atom stereocenters. The van der Waals surface area contributed by atoms with Crippen molar-refractivity contribution in [1.29, 1.82) is 0 Å². The van der Waals surface area contributed by atoms with Crippen LogP contribution in [0, 0.1) is 13.8 Å². The summed E-state index contributed by atoms with van der Waals surface area (Å²) < 4.78 is 1.84. The first-order chi connectivity index (χ1) is 12.3. The molecule has 6 heteroatoms. The lowest BCUT2D eigenvalue weighted by Gasteiger charge is -2.17. The molecule has 2 N–H and O–H groups in total. The highest BCUT2D eigenvalue weighted by atomic mass is 16.2. The van der Waals surface area contributed by atoms with Crippen LogP contribution < -0.4 is 10.6 Å². The van der Waals surface area contributed by atoms with Crippen LogP contribution in [-0.4, -0.2) is 33.7 Å². The van der Waals surface area contributed by atoms with E-state index in [1.165, 1.54) is 0 Å². The summed E-state index contributed by atoms with van der Waals surface area (Å²) >= 11 is 0. The van der Waals surface area contributed by atoms with Crippen molar-refractivity contribution < 1.29 is 9.59 Å².